The van der Waals surface area contributed by atoms with Crippen LogP contribution in [0.1, 0.15) is 11.1 Å². The normalized spacial score (nSPS) is 11.8. The van der Waals surface area contributed by atoms with Crippen LogP contribution in [-0.4, -0.2) is 19.8 Å². The fourth-order valence-corrected chi connectivity index (χ4v) is 1.25. The van der Waals surface area contributed by atoms with E-state index < -0.39 is 11.7 Å². The van der Waals surface area contributed by atoms with Gasteiger partial charge in [-0.25, -0.2) is 0 Å². The second kappa shape index (κ2) is 5.86. The summed E-state index contributed by atoms with van der Waals surface area (Å²) in [6.07, 6.45) is -3.64. The molecule has 0 radical (unpaired) electrons. The van der Waals surface area contributed by atoms with E-state index >= 15 is 0 Å². The lowest BCUT2D eigenvalue weighted by molar-refractivity contribution is -0.374. The van der Waals surface area contributed by atoms with Crippen LogP contribution in [0.15, 0.2) is 24.3 Å². The summed E-state index contributed by atoms with van der Waals surface area (Å²) in [4.78, 5) is 0. The molecule has 0 saturated heterocycles. The number of hydrogen-bond acceptors (Lipinski definition) is 1. The largest absolute Gasteiger partial charge is 0.416 e. The molecule has 90 valence electrons. The Morgan fingerprint density at radius 1 is 1.06 bits per heavy atom. The monoisotopic (exact) mass is 234 g/mol. The molecular weight excluding hydrogens is 219 g/mol. The quantitative estimate of drug-likeness (QED) is 0.770. The van der Waals surface area contributed by atoms with E-state index in [1.165, 1.54) is 12.1 Å². The van der Waals surface area contributed by atoms with Gasteiger partial charge in [0.25, 0.3) is 0 Å². The van der Waals surface area contributed by atoms with Crippen molar-refractivity contribution in [2.45, 2.75) is 12.6 Å². The van der Waals surface area contributed by atoms with Gasteiger partial charge in [-0.1, -0.05) is 12.1 Å². The molecule has 0 bridgehead atoms. The van der Waals surface area contributed by atoms with Crippen LogP contribution in [-0.2, 0) is 17.3 Å². The fourth-order valence-electron chi connectivity index (χ4n) is 1.25. The molecule has 0 aromatic heterocycles. The Labute approximate surface area is 92.2 Å². The van der Waals surface area contributed by atoms with Crippen LogP contribution in [0.5, 0.6) is 0 Å². The molecule has 0 amide bonds. The third-order valence-corrected chi connectivity index (χ3v) is 2.11. The molecule has 0 unspecified atom stereocenters. The zero-order valence-corrected chi connectivity index (χ0v) is 8.89. The van der Waals surface area contributed by atoms with Gasteiger partial charge in [-0.3, -0.25) is 0 Å². The predicted molar refractivity (Wildman–Crippen MR) is 53.7 cm³/mol. The van der Waals surface area contributed by atoms with Gasteiger partial charge in [-0.2, -0.15) is 13.2 Å². The smallest absolute Gasteiger partial charge is 0.375 e. The summed E-state index contributed by atoms with van der Waals surface area (Å²) in [5.41, 5.74) is 3.85. The molecule has 0 fully saturated rings. The van der Waals surface area contributed by atoms with Crippen LogP contribution in [0.25, 0.3) is 0 Å². The first-order chi connectivity index (χ1) is 7.54. The maximum absolute atomic E-state index is 12.2. The van der Waals surface area contributed by atoms with Crippen LogP contribution in [0.3, 0.4) is 0 Å². The van der Waals surface area contributed by atoms with Gasteiger partial charge in [0.05, 0.1) is 25.3 Å². The van der Waals surface area contributed by atoms with Crippen LogP contribution < -0.4 is 5.73 Å². The third-order valence-electron chi connectivity index (χ3n) is 2.11. The van der Waals surface area contributed by atoms with Crippen molar-refractivity contribution in [2.75, 3.05) is 19.8 Å². The standard InChI is InChI=1S/C11H14F3NO/c12-11(13,14)10-3-1-9(2-4-10)5-7-16-8-6-15/h1-4H,5-8,15H2/p+1. The van der Waals surface area contributed by atoms with E-state index in [0.29, 0.717) is 26.2 Å². The molecule has 2 nitrogen and oxygen atoms in total. The minimum Gasteiger partial charge on any atom is -0.375 e. The lowest BCUT2D eigenvalue weighted by Crippen LogP contribution is -2.52. The number of halogens is 3. The van der Waals surface area contributed by atoms with Crippen molar-refractivity contribution < 1.29 is 23.6 Å². The van der Waals surface area contributed by atoms with E-state index in [9.17, 15) is 13.2 Å². The average Bonchev–Trinajstić information content (AvgIpc) is 2.24. The Kier molecular flexibility index (Phi) is 4.76. The second-order valence-electron chi connectivity index (χ2n) is 3.41. The number of alkyl halides is 3. The number of quaternary nitrogens is 1. The number of benzene rings is 1. The average molecular weight is 234 g/mol. The summed E-state index contributed by atoms with van der Waals surface area (Å²) in [7, 11) is 0. The molecule has 3 N–H and O–H groups in total. The maximum Gasteiger partial charge on any atom is 0.416 e. The highest BCUT2D eigenvalue weighted by atomic mass is 19.4. The molecule has 5 heteroatoms. The van der Waals surface area contributed by atoms with Gasteiger partial charge < -0.3 is 10.5 Å². The van der Waals surface area contributed by atoms with Crippen LogP contribution in [0.4, 0.5) is 13.2 Å². The van der Waals surface area contributed by atoms with E-state index in [0.717, 1.165) is 17.7 Å². The van der Waals surface area contributed by atoms with Crippen molar-refractivity contribution in [1.29, 1.82) is 0 Å². The van der Waals surface area contributed by atoms with Crippen molar-refractivity contribution in [1.82, 2.24) is 0 Å². The lowest BCUT2D eigenvalue weighted by atomic mass is 10.1. The Bertz CT molecular complexity index is 308. The highest BCUT2D eigenvalue weighted by Crippen LogP contribution is 2.29. The molecule has 1 aromatic carbocycles. The van der Waals surface area contributed by atoms with Crippen molar-refractivity contribution in [3.05, 3.63) is 35.4 Å². The van der Waals surface area contributed by atoms with Gasteiger partial charge in [0.15, 0.2) is 0 Å². The molecule has 0 aliphatic carbocycles. The number of hydrogen-bond donors (Lipinski definition) is 1. The summed E-state index contributed by atoms with van der Waals surface area (Å²) < 4.78 is 41.9. The molecule has 16 heavy (non-hydrogen) atoms. The zero-order chi connectivity index (χ0) is 12.0. The molecule has 0 atom stereocenters. The number of rotatable bonds is 5. The van der Waals surface area contributed by atoms with E-state index in [4.69, 9.17) is 4.74 Å². The van der Waals surface area contributed by atoms with E-state index in [1.54, 1.807) is 0 Å². The predicted octanol–water partition coefficient (Wildman–Crippen LogP) is 1.51. The highest BCUT2D eigenvalue weighted by Gasteiger charge is 2.29. The van der Waals surface area contributed by atoms with Gasteiger partial charge in [0.2, 0.25) is 0 Å². The van der Waals surface area contributed by atoms with Gasteiger partial charge >= 0.3 is 6.18 Å². The summed E-state index contributed by atoms with van der Waals surface area (Å²) in [6.45, 7) is 1.80. The molecule has 0 aliphatic heterocycles. The zero-order valence-electron chi connectivity index (χ0n) is 8.89. The minimum absolute atomic E-state index is 0.515. The molecule has 0 saturated carbocycles. The first kappa shape index (κ1) is 13.0. The Hall–Kier alpha value is -1.07. The molecular formula is C11H15F3NO+. The molecule has 0 spiro atoms. The van der Waals surface area contributed by atoms with Crippen LogP contribution in [0, 0.1) is 0 Å². The second-order valence-corrected chi connectivity index (χ2v) is 3.41. The molecule has 1 aromatic rings. The minimum atomic E-state index is -4.26. The highest BCUT2D eigenvalue weighted by molar-refractivity contribution is 5.24. The Morgan fingerprint density at radius 3 is 2.19 bits per heavy atom. The SMILES string of the molecule is [NH3+]CCOCCc1ccc(C(F)(F)F)cc1. The Morgan fingerprint density at radius 2 is 1.69 bits per heavy atom. The lowest BCUT2D eigenvalue weighted by Gasteiger charge is -2.07. The molecule has 0 heterocycles. The first-order valence-electron chi connectivity index (χ1n) is 5.07. The first-order valence-corrected chi connectivity index (χ1v) is 5.07. The molecule has 1 rings (SSSR count). The van der Waals surface area contributed by atoms with E-state index in [2.05, 4.69) is 5.73 Å². The van der Waals surface area contributed by atoms with Gasteiger partial charge in [-0.15, -0.1) is 0 Å². The van der Waals surface area contributed by atoms with Crippen molar-refractivity contribution >= 4 is 0 Å². The maximum atomic E-state index is 12.2. The fraction of sp³-hybridized carbons (Fsp3) is 0.455. The van der Waals surface area contributed by atoms with E-state index in [-0.39, 0.29) is 0 Å². The van der Waals surface area contributed by atoms with Crippen LogP contribution >= 0.6 is 0 Å². The summed E-state index contributed by atoms with van der Waals surface area (Å²) in [6, 6.07) is 5.15. The molecule has 0 aliphatic rings. The number of ether oxygens (including phenoxy) is 1. The van der Waals surface area contributed by atoms with E-state index in [1.807, 2.05) is 0 Å². The third kappa shape index (κ3) is 4.20. The summed E-state index contributed by atoms with van der Waals surface area (Å²) in [5.74, 6) is 0. The van der Waals surface area contributed by atoms with Crippen LogP contribution in [0.2, 0.25) is 0 Å². The van der Waals surface area contributed by atoms with Crippen molar-refractivity contribution in [2.24, 2.45) is 0 Å². The topological polar surface area (TPSA) is 36.9 Å². The Balaban J connectivity index is 2.46. The van der Waals surface area contributed by atoms with Crippen molar-refractivity contribution in [3.63, 3.8) is 0 Å². The van der Waals surface area contributed by atoms with Gasteiger partial charge in [0.1, 0.15) is 0 Å². The summed E-state index contributed by atoms with van der Waals surface area (Å²) >= 11 is 0. The van der Waals surface area contributed by atoms with Crippen molar-refractivity contribution in [3.8, 4) is 0 Å². The van der Waals surface area contributed by atoms with Gasteiger partial charge in [0, 0.05) is 0 Å². The van der Waals surface area contributed by atoms with Gasteiger partial charge in [-0.05, 0) is 24.1 Å². The summed E-state index contributed by atoms with van der Waals surface area (Å²) in [5, 5.41) is 0.